The van der Waals surface area contributed by atoms with E-state index in [0.29, 0.717) is 12.8 Å². The monoisotopic (exact) mass is 1130 g/mol. The summed E-state index contributed by atoms with van der Waals surface area (Å²) in [6.07, 6.45) is 40.5. The van der Waals surface area contributed by atoms with Crippen LogP contribution in [0.1, 0.15) is 277 Å². The Morgan fingerprint density at radius 2 is 0.759 bits per heavy atom. The van der Waals surface area contributed by atoms with Crippen molar-refractivity contribution in [3.8, 4) is 0 Å². The van der Waals surface area contributed by atoms with Crippen molar-refractivity contribution in [2.75, 3.05) is 26.4 Å². The van der Waals surface area contributed by atoms with Crippen molar-refractivity contribution in [1.82, 2.24) is 0 Å². The van der Waals surface area contributed by atoms with Gasteiger partial charge in [-0.25, -0.2) is 0 Å². The summed E-state index contributed by atoms with van der Waals surface area (Å²) in [4.78, 5) is 26.0. The molecule has 2 fully saturated rings. The van der Waals surface area contributed by atoms with Crippen molar-refractivity contribution in [1.29, 1.82) is 0 Å². The Bertz CT molecular complexity index is 1460. The Morgan fingerprint density at radius 1 is 0.405 bits per heavy atom. The molecule has 2 saturated heterocycles. The minimum absolute atomic E-state index is 0.166. The number of rotatable bonds is 53. The predicted molar refractivity (Wildman–Crippen MR) is 312 cm³/mol. The molecule has 0 aliphatic carbocycles. The van der Waals surface area contributed by atoms with Crippen LogP contribution >= 0.6 is 0 Å². The minimum atomic E-state index is -1.76. The average Bonchev–Trinajstić information content (AvgIpc) is 3.53. The van der Waals surface area contributed by atoms with Crippen LogP contribution in [-0.4, -0.2) is 142 Å². The molecule has 0 spiro atoms. The first kappa shape index (κ1) is 73.1. The molecule has 2 rings (SSSR count). The standard InChI is InChI=1S/C64H118O15/c1-3-5-7-9-11-13-15-17-19-21-23-25-26-27-29-31-33-35-37-39-41-43-45-47-56(67)77-52(49-74-55(66)46-44-42-40-38-36-34-32-30-28-24-22-20-18-16-14-12-10-8-6-4-2)50-75-63-62(73)60(71)58(69)54(79-63)51-76-64-61(72)59(70)57(68)53(48-65)78-64/h15,17,21,23,52-54,57-65,68-73H,3-14,16,18-20,22,24-51H2,1-2H3/b17-15-,23-21-. The number of unbranched alkanes of at least 4 members (excludes halogenated alkanes) is 35. The molecule has 2 aliphatic heterocycles. The van der Waals surface area contributed by atoms with E-state index < -0.39 is 92.7 Å². The lowest BCUT2D eigenvalue weighted by Gasteiger charge is -2.42. The molecule has 2 heterocycles. The SMILES string of the molecule is CCCCCCC/C=C\C/C=C\CCCCCCCCCCCCCC(=O)OC(COC(=O)CCCCCCCCCCCCCCCCCCCCCC)COC1OC(COC2OC(CO)C(O)C(O)C2O)C(O)C(O)C1O. The normalized spacial score (nSPS) is 24.0. The first-order chi connectivity index (χ1) is 38.5. The van der Waals surface area contributed by atoms with Gasteiger partial charge in [0.05, 0.1) is 19.8 Å². The summed E-state index contributed by atoms with van der Waals surface area (Å²) < 4.78 is 33.8. The van der Waals surface area contributed by atoms with Gasteiger partial charge in [0.1, 0.15) is 55.4 Å². The number of esters is 2. The zero-order valence-electron chi connectivity index (χ0n) is 49.9. The number of hydrogen-bond donors (Lipinski definition) is 7. The maximum atomic E-state index is 13.1. The maximum Gasteiger partial charge on any atom is 0.306 e. The summed E-state index contributed by atoms with van der Waals surface area (Å²) in [5, 5.41) is 72.4. The minimum Gasteiger partial charge on any atom is -0.462 e. The molecule has 15 heteroatoms. The van der Waals surface area contributed by atoms with E-state index >= 15 is 0 Å². The molecule has 11 atom stereocenters. The van der Waals surface area contributed by atoms with Gasteiger partial charge in [-0.2, -0.15) is 0 Å². The highest BCUT2D eigenvalue weighted by Gasteiger charge is 2.47. The first-order valence-corrected chi connectivity index (χ1v) is 32.4. The van der Waals surface area contributed by atoms with Gasteiger partial charge in [-0.1, -0.05) is 244 Å². The lowest BCUT2D eigenvalue weighted by molar-refractivity contribution is -0.332. The van der Waals surface area contributed by atoms with Gasteiger partial charge in [0.2, 0.25) is 0 Å². The highest BCUT2D eigenvalue weighted by molar-refractivity contribution is 5.70. The second kappa shape index (κ2) is 50.5. The summed E-state index contributed by atoms with van der Waals surface area (Å²) in [7, 11) is 0. The van der Waals surface area contributed by atoms with Crippen molar-refractivity contribution >= 4 is 11.9 Å². The van der Waals surface area contributed by atoms with Gasteiger partial charge in [-0.15, -0.1) is 0 Å². The van der Waals surface area contributed by atoms with E-state index in [9.17, 15) is 45.3 Å². The van der Waals surface area contributed by atoms with Crippen molar-refractivity contribution in [3.05, 3.63) is 24.3 Å². The van der Waals surface area contributed by atoms with E-state index in [1.54, 1.807) is 0 Å². The summed E-state index contributed by atoms with van der Waals surface area (Å²) in [6.45, 7) is 2.65. The Balaban J connectivity index is 1.70. The van der Waals surface area contributed by atoms with Gasteiger partial charge < -0.3 is 64.2 Å². The fourth-order valence-corrected chi connectivity index (χ4v) is 10.4. The van der Waals surface area contributed by atoms with Gasteiger partial charge in [0.15, 0.2) is 18.7 Å². The highest BCUT2D eigenvalue weighted by atomic mass is 16.7. The first-order valence-electron chi connectivity index (χ1n) is 32.4. The third kappa shape index (κ3) is 37.0. The van der Waals surface area contributed by atoms with Crippen LogP contribution < -0.4 is 0 Å². The second-order valence-electron chi connectivity index (χ2n) is 23.0. The Morgan fingerprint density at radius 3 is 1.18 bits per heavy atom. The molecule has 0 aromatic carbocycles. The van der Waals surface area contributed by atoms with E-state index in [4.69, 9.17) is 28.4 Å². The number of aliphatic hydroxyl groups excluding tert-OH is 7. The molecule has 0 aromatic heterocycles. The predicted octanol–water partition coefficient (Wildman–Crippen LogP) is 12.2. The van der Waals surface area contributed by atoms with Crippen LogP contribution in [0.25, 0.3) is 0 Å². The Labute approximate surface area is 479 Å². The maximum absolute atomic E-state index is 13.1. The van der Waals surface area contributed by atoms with E-state index in [1.807, 2.05) is 0 Å². The molecule has 79 heavy (non-hydrogen) atoms. The van der Waals surface area contributed by atoms with Gasteiger partial charge >= 0.3 is 11.9 Å². The topological polar surface area (TPSA) is 231 Å². The summed E-state index contributed by atoms with van der Waals surface area (Å²) in [6, 6.07) is 0. The number of carbonyl (C=O) groups is 2. The lowest BCUT2D eigenvalue weighted by atomic mass is 9.98. The summed E-state index contributed by atoms with van der Waals surface area (Å²) >= 11 is 0. The zero-order chi connectivity index (χ0) is 57.4. The van der Waals surface area contributed by atoms with Crippen LogP contribution in [0.15, 0.2) is 24.3 Å². The summed E-state index contributed by atoms with van der Waals surface area (Å²) in [5.74, 6) is -0.910. The molecular weight excluding hydrogens is 1010 g/mol. The van der Waals surface area contributed by atoms with Crippen LogP contribution in [0.2, 0.25) is 0 Å². The van der Waals surface area contributed by atoms with Crippen molar-refractivity contribution in [2.24, 2.45) is 0 Å². The Kier molecular flexibility index (Phi) is 46.7. The number of hydrogen-bond acceptors (Lipinski definition) is 15. The third-order valence-corrected chi connectivity index (χ3v) is 15.7. The molecule has 464 valence electrons. The molecule has 11 unspecified atom stereocenters. The number of allylic oxidation sites excluding steroid dienone is 4. The molecule has 7 N–H and O–H groups in total. The molecule has 2 aliphatic rings. The van der Waals surface area contributed by atoms with Crippen molar-refractivity contribution in [3.63, 3.8) is 0 Å². The van der Waals surface area contributed by atoms with Crippen LogP contribution in [0.4, 0.5) is 0 Å². The molecule has 0 amide bonds. The van der Waals surface area contributed by atoms with Gasteiger partial charge in [0, 0.05) is 12.8 Å². The highest BCUT2D eigenvalue weighted by Crippen LogP contribution is 2.27. The van der Waals surface area contributed by atoms with Crippen LogP contribution in [-0.2, 0) is 38.0 Å². The average molecular weight is 1130 g/mol. The molecule has 15 nitrogen and oxygen atoms in total. The van der Waals surface area contributed by atoms with Crippen LogP contribution in [0, 0.1) is 0 Å². The summed E-state index contributed by atoms with van der Waals surface area (Å²) in [5.41, 5.74) is 0. The Hall–Kier alpha value is -2.02. The molecule has 0 bridgehead atoms. The quantitative estimate of drug-likeness (QED) is 0.0171. The van der Waals surface area contributed by atoms with Crippen molar-refractivity contribution in [2.45, 2.75) is 345 Å². The lowest BCUT2D eigenvalue weighted by Crippen LogP contribution is -2.61. The van der Waals surface area contributed by atoms with Gasteiger partial charge in [-0.3, -0.25) is 9.59 Å². The van der Waals surface area contributed by atoms with E-state index in [0.717, 1.165) is 51.4 Å². The van der Waals surface area contributed by atoms with Crippen LogP contribution in [0.3, 0.4) is 0 Å². The molecular formula is C64H118O15. The van der Waals surface area contributed by atoms with Crippen molar-refractivity contribution < 1.29 is 73.8 Å². The smallest absolute Gasteiger partial charge is 0.306 e. The van der Waals surface area contributed by atoms with Gasteiger partial charge in [-0.05, 0) is 44.9 Å². The van der Waals surface area contributed by atoms with E-state index in [2.05, 4.69) is 38.2 Å². The largest absolute Gasteiger partial charge is 0.462 e. The third-order valence-electron chi connectivity index (χ3n) is 15.7. The number of ether oxygens (including phenoxy) is 6. The van der Waals surface area contributed by atoms with E-state index in [1.165, 1.54) is 186 Å². The number of carbonyl (C=O) groups excluding carboxylic acids is 2. The molecule has 0 saturated carbocycles. The fourth-order valence-electron chi connectivity index (χ4n) is 10.4. The zero-order valence-corrected chi connectivity index (χ0v) is 49.9. The van der Waals surface area contributed by atoms with Crippen LogP contribution in [0.5, 0.6) is 0 Å². The number of aliphatic hydroxyl groups is 7. The fraction of sp³-hybridized carbons (Fsp3) is 0.906. The van der Waals surface area contributed by atoms with Gasteiger partial charge in [0.25, 0.3) is 0 Å². The van der Waals surface area contributed by atoms with E-state index in [-0.39, 0.29) is 26.1 Å². The molecule has 0 aromatic rings. The second-order valence-corrected chi connectivity index (χ2v) is 23.0. The molecule has 0 radical (unpaired) electrons.